The number of halogens is 1. The fourth-order valence-electron chi connectivity index (χ4n) is 1.13. The zero-order valence-electron chi connectivity index (χ0n) is 8.94. The lowest BCUT2D eigenvalue weighted by molar-refractivity contribution is 0.603. The summed E-state index contributed by atoms with van der Waals surface area (Å²) in [7, 11) is -2.91. The van der Waals surface area contributed by atoms with Crippen molar-refractivity contribution in [3.05, 3.63) is 28.8 Å². The standard InChI is InChI=1S/C10H14ClNO2S2/c1-16(13,14)5-4-15-10-6-9(11)3-2-8(10)7-12/h2-3,6H,4-5,7,12H2,1H3. The van der Waals surface area contributed by atoms with Gasteiger partial charge in [0.25, 0.3) is 0 Å². The van der Waals surface area contributed by atoms with E-state index in [0.717, 1.165) is 10.5 Å². The van der Waals surface area contributed by atoms with E-state index >= 15 is 0 Å². The highest BCUT2D eigenvalue weighted by molar-refractivity contribution is 8.00. The number of benzene rings is 1. The number of thioether (sulfide) groups is 1. The molecule has 1 aromatic rings. The molecule has 0 heterocycles. The van der Waals surface area contributed by atoms with E-state index in [2.05, 4.69) is 0 Å². The molecule has 0 bridgehead atoms. The van der Waals surface area contributed by atoms with Crippen LogP contribution in [0.4, 0.5) is 0 Å². The molecule has 0 saturated heterocycles. The third-order valence-electron chi connectivity index (χ3n) is 1.96. The van der Waals surface area contributed by atoms with E-state index in [-0.39, 0.29) is 5.75 Å². The molecule has 90 valence electrons. The van der Waals surface area contributed by atoms with Gasteiger partial charge in [0.2, 0.25) is 0 Å². The van der Waals surface area contributed by atoms with Crippen molar-refractivity contribution in [2.75, 3.05) is 17.8 Å². The van der Waals surface area contributed by atoms with E-state index in [4.69, 9.17) is 17.3 Å². The summed E-state index contributed by atoms with van der Waals surface area (Å²) in [5, 5.41) is 0.638. The maximum atomic E-state index is 11.0. The molecule has 0 aliphatic rings. The highest BCUT2D eigenvalue weighted by atomic mass is 35.5. The molecule has 0 atom stereocenters. The largest absolute Gasteiger partial charge is 0.326 e. The monoisotopic (exact) mass is 279 g/mol. The fraction of sp³-hybridized carbons (Fsp3) is 0.400. The van der Waals surface area contributed by atoms with Crippen molar-refractivity contribution >= 4 is 33.2 Å². The molecular formula is C10H14ClNO2S2. The lowest BCUT2D eigenvalue weighted by Crippen LogP contribution is -2.05. The lowest BCUT2D eigenvalue weighted by atomic mass is 10.2. The molecule has 0 aliphatic carbocycles. The van der Waals surface area contributed by atoms with Crippen LogP contribution in [0.25, 0.3) is 0 Å². The Morgan fingerprint density at radius 3 is 2.69 bits per heavy atom. The average molecular weight is 280 g/mol. The third kappa shape index (κ3) is 4.74. The molecule has 6 heteroatoms. The van der Waals surface area contributed by atoms with E-state index in [1.165, 1.54) is 18.0 Å². The smallest absolute Gasteiger partial charge is 0.148 e. The SMILES string of the molecule is CS(=O)(=O)CCSc1cc(Cl)ccc1CN. The Morgan fingerprint density at radius 1 is 1.44 bits per heavy atom. The molecule has 0 fully saturated rings. The van der Waals surface area contributed by atoms with Crippen molar-refractivity contribution in [2.45, 2.75) is 11.4 Å². The molecule has 3 nitrogen and oxygen atoms in total. The second kappa shape index (κ2) is 5.91. The topological polar surface area (TPSA) is 60.2 Å². The minimum atomic E-state index is -2.91. The van der Waals surface area contributed by atoms with Crippen LogP contribution in [0, 0.1) is 0 Å². The zero-order chi connectivity index (χ0) is 12.2. The van der Waals surface area contributed by atoms with Crippen LogP contribution in [-0.2, 0) is 16.4 Å². The first-order valence-electron chi connectivity index (χ1n) is 4.71. The van der Waals surface area contributed by atoms with Crippen LogP contribution in [0.1, 0.15) is 5.56 Å². The Hall–Kier alpha value is -0.230. The molecule has 0 spiro atoms. The first-order valence-corrected chi connectivity index (χ1v) is 8.14. The van der Waals surface area contributed by atoms with Crippen LogP contribution in [0.2, 0.25) is 5.02 Å². The van der Waals surface area contributed by atoms with Crippen LogP contribution in [0.3, 0.4) is 0 Å². The van der Waals surface area contributed by atoms with Gasteiger partial charge in [-0.3, -0.25) is 0 Å². The van der Waals surface area contributed by atoms with Crippen molar-refractivity contribution in [1.29, 1.82) is 0 Å². The van der Waals surface area contributed by atoms with Crippen LogP contribution >= 0.6 is 23.4 Å². The molecule has 0 unspecified atom stereocenters. The fourth-order valence-corrected chi connectivity index (χ4v) is 3.68. The minimum absolute atomic E-state index is 0.161. The number of hydrogen-bond acceptors (Lipinski definition) is 4. The summed E-state index contributed by atoms with van der Waals surface area (Å²) in [6, 6.07) is 5.46. The number of hydrogen-bond donors (Lipinski definition) is 1. The van der Waals surface area contributed by atoms with Crippen molar-refractivity contribution < 1.29 is 8.42 Å². The highest BCUT2D eigenvalue weighted by Crippen LogP contribution is 2.26. The van der Waals surface area contributed by atoms with Gasteiger partial charge < -0.3 is 5.73 Å². The van der Waals surface area contributed by atoms with Gasteiger partial charge in [-0.05, 0) is 17.7 Å². The Morgan fingerprint density at radius 2 is 2.12 bits per heavy atom. The molecule has 1 rings (SSSR count). The molecule has 0 aliphatic heterocycles. The second-order valence-corrected chi connectivity index (χ2v) is 7.27. The van der Waals surface area contributed by atoms with Gasteiger partial charge in [-0.15, -0.1) is 11.8 Å². The van der Waals surface area contributed by atoms with Crippen LogP contribution in [-0.4, -0.2) is 26.2 Å². The van der Waals surface area contributed by atoms with E-state index in [9.17, 15) is 8.42 Å². The zero-order valence-corrected chi connectivity index (χ0v) is 11.3. The normalized spacial score (nSPS) is 11.7. The predicted molar refractivity (Wildman–Crippen MR) is 69.8 cm³/mol. The van der Waals surface area contributed by atoms with Crippen molar-refractivity contribution in [2.24, 2.45) is 5.73 Å². The molecule has 16 heavy (non-hydrogen) atoms. The van der Waals surface area contributed by atoms with E-state index in [0.29, 0.717) is 17.3 Å². The van der Waals surface area contributed by atoms with Crippen molar-refractivity contribution in [3.8, 4) is 0 Å². The Labute approximate surface area is 105 Å². The van der Waals surface area contributed by atoms with Gasteiger partial charge in [-0.2, -0.15) is 0 Å². The molecule has 0 aromatic heterocycles. The van der Waals surface area contributed by atoms with Gasteiger partial charge in [-0.25, -0.2) is 8.42 Å². The van der Waals surface area contributed by atoms with Crippen molar-refractivity contribution in [1.82, 2.24) is 0 Å². The van der Waals surface area contributed by atoms with E-state index in [1.807, 2.05) is 12.1 Å². The highest BCUT2D eigenvalue weighted by Gasteiger charge is 2.06. The maximum absolute atomic E-state index is 11.0. The molecule has 0 saturated carbocycles. The van der Waals surface area contributed by atoms with Gasteiger partial charge in [0.05, 0.1) is 5.75 Å². The summed E-state index contributed by atoms with van der Waals surface area (Å²) in [6.07, 6.45) is 1.23. The minimum Gasteiger partial charge on any atom is -0.326 e. The molecule has 0 amide bonds. The summed E-state index contributed by atoms with van der Waals surface area (Å²) < 4.78 is 22.0. The number of rotatable bonds is 5. The van der Waals surface area contributed by atoms with Crippen LogP contribution in [0.5, 0.6) is 0 Å². The number of sulfone groups is 1. The second-order valence-electron chi connectivity index (χ2n) is 3.43. The van der Waals surface area contributed by atoms with Gasteiger partial charge in [0.15, 0.2) is 0 Å². The van der Waals surface area contributed by atoms with Gasteiger partial charge in [0.1, 0.15) is 9.84 Å². The first kappa shape index (κ1) is 13.8. The molecular weight excluding hydrogens is 266 g/mol. The Bertz CT molecular complexity index is 460. The Kier molecular flexibility index (Phi) is 5.11. The van der Waals surface area contributed by atoms with E-state index < -0.39 is 9.84 Å². The quantitative estimate of drug-likeness (QED) is 0.837. The van der Waals surface area contributed by atoms with Crippen LogP contribution in [0.15, 0.2) is 23.1 Å². The van der Waals surface area contributed by atoms with Crippen molar-refractivity contribution in [3.63, 3.8) is 0 Å². The van der Waals surface area contributed by atoms with Gasteiger partial charge in [-0.1, -0.05) is 17.7 Å². The predicted octanol–water partition coefficient (Wildman–Crippen LogP) is 1.94. The summed E-state index contributed by atoms with van der Waals surface area (Å²) in [5.41, 5.74) is 6.57. The van der Waals surface area contributed by atoms with Gasteiger partial charge >= 0.3 is 0 Å². The summed E-state index contributed by atoms with van der Waals surface area (Å²) in [4.78, 5) is 0.957. The van der Waals surface area contributed by atoms with E-state index in [1.54, 1.807) is 6.07 Å². The summed E-state index contributed by atoms with van der Waals surface area (Å²) >= 11 is 7.34. The summed E-state index contributed by atoms with van der Waals surface area (Å²) in [5.74, 6) is 0.681. The first-order chi connectivity index (χ1) is 7.42. The molecule has 2 N–H and O–H groups in total. The summed E-state index contributed by atoms with van der Waals surface area (Å²) in [6.45, 7) is 0.429. The number of nitrogens with two attached hydrogens (primary N) is 1. The Balaban J connectivity index is 2.69. The lowest BCUT2D eigenvalue weighted by Gasteiger charge is -2.07. The van der Waals surface area contributed by atoms with Gasteiger partial charge in [0, 0.05) is 28.5 Å². The average Bonchev–Trinajstić information content (AvgIpc) is 2.16. The molecule has 0 radical (unpaired) electrons. The maximum Gasteiger partial charge on any atom is 0.148 e. The molecule has 1 aromatic carbocycles. The van der Waals surface area contributed by atoms with Crippen LogP contribution < -0.4 is 5.73 Å². The third-order valence-corrected chi connectivity index (χ3v) is 4.50.